The van der Waals surface area contributed by atoms with E-state index < -0.39 is 12.1 Å². The number of carbonyl (C=O) groups is 2. The van der Waals surface area contributed by atoms with Gasteiger partial charge in [-0.2, -0.15) is 0 Å². The molecule has 0 spiro atoms. The zero-order chi connectivity index (χ0) is 18.1. The van der Waals surface area contributed by atoms with E-state index in [2.05, 4.69) is 5.32 Å². The van der Waals surface area contributed by atoms with Crippen molar-refractivity contribution in [2.24, 2.45) is 0 Å². The number of hydrogen-bond donors (Lipinski definition) is 1. The van der Waals surface area contributed by atoms with Gasteiger partial charge < -0.3 is 14.8 Å². The first-order valence-electron chi connectivity index (χ1n) is 8.35. The molecule has 1 atom stereocenters. The normalized spacial score (nSPS) is 11.4. The highest BCUT2D eigenvalue weighted by molar-refractivity contribution is 5.95. The Labute approximate surface area is 148 Å². The van der Waals surface area contributed by atoms with Gasteiger partial charge in [-0.25, -0.2) is 0 Å². The Morgan fingerprint density at radius 2 is 1.72 bits per heavy atom. The van der Waals surface area contributed by atoms with Gasteiger partial charge in [-0.3, -0.25) is 9.59 Å². The van der Waals surface area contributed by atoms with Crippen LogP contribution in [0.25, 0.3) is 0 Å². The summed E-state index contributed by atoms with van der Waals surface area (Å²) in [6.45, 7) is 4.05. The number of carbonyl (C=O) groups excluding carboxylic acids is 2. The first-order chi connectivity index (χ1) is 12.1. The van der Waals surface area contributed by atoms with Crippen LogP contribution in [0.5, 0.6) is 5.75 Å². The molecule has 5 nitrogen and oxygen atoms in total. The molecule has 2 aromatic carbocycles. The second-order valence-corrected chi connectivity index (χ2v) is 5.56. The van der Waals surface area contributed by atoms with Gasteiger partial charge in [-0.1, -0.05) is 30.3 Å². The third-order valence-electron chi connectivity index (χ3n) is 3.57. The summed E-state index contributed by atoms with van der Waals surface area (Å²) in [6, 6.07) is 16.7. The quantitative estimate of drug-likeness (QED) is 0.745. The minimum absolute atomic E-state index is 0.241. The van der Waals surface area contributed by atoms with E-state index in [4.69, 9.17) is 9.47 Å². The number of hydrogen-bond acceptors (Lipinski definition) is 4. The number of aryl methyl sites for hydroxylation is 1. The van der Waals surface area contributed by atoms with Crippen molar-refractivity contribution in [3.8, 4) is 5.75 Å². The molecule has 0 heterocycles. The predicted molar refractivity (Wildman–Crippen MR) is 96.6 cm³/mol. The molecule has 0 saturated heterocycles. The van der Waals surface area contributed by atoms with E-state index in [0.717, 1.165) is 11.3 Å². The number of benzene rings is 2. The molecule has 0 aliphatic carbocycles. The molecular weight excluding hydrogens is 318 g/mol. The van der Waals surface area contributed by atoms with Crippen molar-refractivity contribution >= 4 is 17.6 Å². The number of nitrogens with one attached hydrogen (secondary N) is 1. The summed E-state index contributed by atoms with van der Waals surface area (Å²) in [7, 11) is 0. The molecule has 0 fully saturated rings. The van der Waals surface area contributed by atoms with Crippen molar-refractivity contribution in [1.82, 2.24) is 0 Å². The molecular formula is C20H23NO4. The van der Waals surface area contributed by atoms with E-state index >= 15 is 0 Å². The maximum absolute atomic E-state index is 12.1. The van der Waals surface area contributed by atoms with Crippen LogP contribution in [0.4, 0.5) is 5.69 Å². The first-order valence-corrected chi connectivity index (χ1v) is 8.35. The zero-order valence-corrected chi connectivity index (χ0v) is 14.5. The maximum atomic E-state index is 12.1. The molecule has 0 saturated carbocycles. The average molecular weight is 341 g/mol. The molecule has 0 bridgehead atoms. The topological polar surface area (TPSA) is 64.6 Å². The maximum Gasteiger partial charge on any atom is 0.306 e. The molecule has 2 aromatic rings. The fourth-order valence-electron chi connectivity index (χ4n) is 2.25. The van der Waals surface area contributed by atoms with Crippen LogP contribution >= 0.6 is 0 Å². The lowest BCUT2D eigenvalue weighted by molar-refractivity contribution is -0.153. The molecule has 25 heavy (non-hydrogen) atoms. The number of esters is 1. The minimum Gasteiger partial charge on any atom is -0.494 e. The SMILES string of the molecule is CCOc1ccc(NC(=O)C(C)OC(=O)CCc2ccccc2)cc1. The Hall–Kier alpha value is -2.82. The lowest BCUT2D eigenvalue weighted by atomic mass is 10.1. The van der Waals surface area contributed by atoms with E-state index in [1.54, 1.807) is 31.2 Å². The van der Waals surface area contributed by atoms with Gasteiger partial charge in [-0.15, -0.1) is 0 Å². The lowest BCUT2D eigenvalue weighted by Crippen LogP contribution is -2.30. The Balaban J connectivity index is 1.78. The Morgan fingerprint density at radius 1 is 1.04 bits per heavy atom. The van der Waals surface area contributed by atoms with Crippen molar-refractivity contribution in [2.45, 2.75) is 32.8 Å². The van der Waals surface area contributed by atoms with Crippen LogP contribution in [0.2, 0.25) is 0 Å². The summed E-state index contributed by atoms with van der Waals surface area (Å²) in [5.41, 5.74) is 1.69. The minimum atomic E-state index is -0.852. The zero-order valence-electron chi connectivity index (χ0n) is 14.5. The van der Waals surface area contributed by atoms with Gasteiger partial charge in [0.15, 0.2) is 6.10 Å². The number of anilines is 1. The summed E-state index contributed by atoms with van der Waals surface area (Å²) in [6.07, 6.45) is -0.0211. The molecule has 1 N–H and O–H groups in total. The van der Waals surface area contributed by atoms with E-state index in [1.807, 2.05) is 37.3 Å². The monoisotopic (exact) mass is 341 g/mol. The van der Waals surface area contributed by atoms with Gasteiger partial charge in [0.1, 0.15) is 5.75 Å². The van der Waals surface area contributed by atoms with Crippen molar-refractivity contribution < 1.29 is 19.1 Å². The van der Waals surface area contributed by atoms with Crippen LogP contribution in [0.1, 0.15) is 25.8 Å². The number of ether oxygens (including phenoxy) is 2. The second-order valence-electron chi connectivity index (χ2n) is 5.56. The van der Waals surface area contributed by atoms with Crippen molar-refractivity contribution in [1.29, 1.82) is 0 Å². The highest BCUT2D eigenvalue weighted by Gasteiger charge is 2.17. The van der Waals surface area contributed by atoms with Gasteiger partial charge in [0.05, 0.1) is 6.61 Å². The van der Waals surface area contributed by atoms with Crippen LogP contribution in [-0.4, -0.2) is 24.6 Å². The number of amides is 1. The molecule has 2 rings (SSSR count). The van der Waals surface area contributed by atoms with Crippen molar-refractivity contribution in [3.05, 3.63) is 60.2 Å². The Bertz CT molecular complexity index is 683. The molecule has 0 aliphatic heterocycles. The Morgan fingerprint density at radius 3 is 2.36 bits per heavy atom. The summed E-state index contributed by atoms with van der Waals surface area (Å²) in [4.78, 5) is 24.0. The summed E-state index contributed by atoms with van der Waals surface area (Å²) in [5, 5.41) is 2.72. The van der Waals surface area contributed by atoms with Gasteiger partial charge in [0.25, 0.3) is 5.91 Å². The van der Waals surface area contributed by atoms with Gasteiger partial charge in [-0.05, 0) is 50.1 Å². The largest absolute Gasteiger partial charge is 0.494 e. The molecule has 0 aromatic heterocycles. The smallest absolute Gasteiger partial charge is 0.306 e. The fraction of sp³-hybridized carbons (Fsp3) is 0.300. The van der Waals surface area contributed by atoms with Crippen molar-refractivity contribution in [3.63, 3.8) is 0 Å². The summed E-state index contributed by atoms with van der Waals surface area (Å²) >= 11 is 0. The third-order valence-corrected chi connectivity index (χ3v) is 3.57. The summed E-state index contributed by atoms with van der Waals surface area (Å²) in [5.74, 6) is -0.0173. The van der Waals surface area contributed by atoms with Gasteiger partial charge in [0.2, 0.25) is 0 Å². The third kappa shape index (κ3) is 6.30. The Kier molecular flexibility index (Phi) is 7.01. The van der Waals surface area contributed by atoms with Crippen LogP contribution < -0.4 is 10.1 Å². The van der Waals surface area contributed by atoms with E-state index in [9.17, 15) is 9.59 Å². The average Bonchev–Trinajstić information content (AvgIpc) is 2.62. The molecule has 132 valence electrons. The van der Waals surface area contributed by atoms with E-state index in [1.165, 1.54) is 0 Å². The fourth-order valence-corrected chi connectivity index (χ4v) is 2.25. The lowest BCUT2D eigenvalue weighted by Gasteiger charge is -2.14. The van der Waals surface area contributed by atoms with Crippen molar-refractivity contribution in [2.75, 3.05) is 11.9 Å². The number of rotatable bonds is 8. The standard InChI is InChI=1S/C20H23NO4/c1-3-24-18-12-10-17(11-13-18)21-20(23)15(2)25-19(22)14-9-16-7-5-4-6-8-16/h4-8,10-13,15H,3,9,14H2,1-2H3,(H,21,23). The van der Waals surface area contributed by atoms with E-state index in [-0.39, 0.29) is 12.3 Å². The molecule has 5 heteroatoms. The molecule has 1 amide bonds. The highest BCUT2D eigenvalue weighted by atomic mass is 16.5. The predicted octanol–water partition coefficient (Wildman–Crippen LogP) is 3.59. The second kappa shape index (κ2) is 9.47. The van der Waals surface area contributed by atoms with Crippen LogP contribution in [0.3, 0.4) is 0 Å². The molecule has 0 radical (unpaired) electrons. The van der Waals surface area contributed by atoms with E-state index in [0.29, 0.717) is 18.7 Å². The van der Waals surface area contributed by atoms with Gasteiger partial charge in [0, 0.05) is 12.1 Å². The summed E-state index contributed by atoms with van der Waals surface area (Å²) < 4.78 is 10.5. The van der Waals surface area contributed by atoms with Crippen LogP contribution in [-0.2, 0) is 20.7 Å². The van der Waals surface area contributed by atoms with Gasteiger partial charge >= 0.3 is 5.97 Å². The van der Waals surface area contributed by atoms with Crippen LogP contribution in [0, 0.1) is 0 Å². The first kappa shape index (κ1) is 18.5. The molecule has 0 aliphatic rings. The molecule has 1 unspecified atom stereocenters. The van der Waals surface area contributed by atoms with Crippen LogP contribution in [0.15, 0.2) is 54.6 Å². The highest BCUT2D eigenvalue weighted by Crippen LogP contribution is 2.16.